The van der Waals surface area contributed by atoms with Crippen LogP contribution in [0.4, 0.5) is 8.78 Å². The van der Waals surface area contributed by atoms with Gasteiger partial charge in [-0.25, -0.2) is 13.8 Å². The molecule has 0 saturated heterocycles. The van der Waals surface area contributed by atoms with Gasteiger partial charge in [0.25, 0.3) is 0 Å². The molecule has 1 unspecified atom stereocenters. The van der Waals surface area contributed by atoms with E-state index in [1.165, 1.54) is 24.3 Å². The van der Waals surface area contributed by atoms with Gasteiger partial charge in [-0.05, 0) is 48.7 Å². The maximum absolute atomic E-state index is 13.0. The van der Waals surface area contributed by atoms with Gasteiger partial charge in [-0.1, -0.05) is 24.3 Å². The molecule has 4 N–H and O–H groups in total. The van der Waals surface area contributed by atoms with Crippen molar-refractivity contribution in [3.05, 3.63) is 71.3 Å². The molecule has 8 heteroatoms. The molecule has 28 heavy (non-hydrogen) atoms. The van der Waals surface area contributed by atoms with E-state index in [2.05, 4.69) is 15.6 Å². The third-order valence-corrected chi connectivity index (χ3v) is 3.99. The van der Waals surface area contributed by atoms with Crippen molar-refractivity contribution in [3.63, 3.8) is 0 Å². The molecule has 0 heterocycles. The number of rotatable bonds is 8. The van der Waals surface area contributed by atoms with Crippen LogP contribution in [0.2, 0.25) is 0 Å². The number of amides is 1. The third-order valence-electron chi connectivity index (χ3n) is 3.99. The van der Waals surface area contributed by atoms with E-state index in [0.717, 1.165) is 11.1 Å². The number of hydrogen-bond acceptors (Lipinski definition) is 2. The summed E-state index contributed by atoms with van der Waals surface area (Å²) in [5.41, 5.74) is 7.20. The van der Waals surface area contributed by atoms with Crippen LogP contribution in [0.15, 0.2) is 53.5 Å². The minimum atomic E-state index is -0.467. The monoisotopic (exact) mass is 502 g/mol. The van der Waals surface area contributed by atoms with Crippen LogP contribution in [0.25, 0.3) is 0 Å². The van der Waals surface area contributed by atoms with Gasteiger partial charge < -0.3 is 16.4 Å². The Balaban J connectivity index is 0.00000392. The molecule has 2 aromatic carbocycles. The molecule has 2 aromatic rings. The molecule has 0 saturated carbocycles. The van der Waals surface area contributed by atoms with Crippen LogP contribution in [0.5, 0.6) is 0 Å². The average molecular weight is 502 g/mol. The van der Waals surface area contributed by atoms with Crippen LogP contribution in [0.1, 0.15) is 18.1 Å². The van der Waals surface area contributed by atoms with Crippen LogP contribution < -0.4 is 16.4 Å². The van der Waals surface area contributed by atoms with Gasteiger partial charge in [-0.2, -0.15) is 0 Å². The molecule has 1 atom stereocenters. The maximum atomic E-state index is 13.0. The second-order valence-electron chi connectivity index (χ2n) is 6.13. The summed E-state index contributed by atoms with van der Waals surface area (Å²) in [7, 11) is 0. The molecule has 1 amide bonds. The van der Waals surface area contributed by atoms with Crippen molar-refractivity contribution in [3.8, 4) is 0 Å². The van der Waals surface area contributed by atoms with Gasteiger partial charge in [-0.3, -0.25) is 4.79 Å². The minimum absolute atomic E-state index is 0. The van der Waals surface area contributed by atoms with Gasteiger partial charge in [0.15, 0.2) is 5.96 Å². The standard InChI is InChI=1S/C20H24F2N4O.HI/c1-2-24-20(25-12-15-5-9-18(22)10-6-15)26-13-16(19(23)27)11-14-3-7-17(21)8-4-14;/h3-10,16H,2,11-13H2,1H3,(H2,23,27)(H2,24,25,26);1H. The Labute approximate surface area is 180 Å². The van der Waals surface area contributed by atoms with Gasteiger partial charge in [0, 0.05) is 13.1 Å². The first-order valence-corrected chi connectivity index (χ1v) is 8.78. The lowest BCUT2D eigenvalue weighted by atomic mass is 9.98. The van der Waals surface area contributed by atoms with Crippen molar-refractivity contribution < 1.29 is 13.6 Å². The molecule has 0 radical (unpaired) electrons. The Bertz CT molecular complexity index is 767. The predicted molar refractivity (Wildman–Crippen MR) is 117 cm³/mol. The van der Waals surface area contributed by atoms with Gasteiger partial charge in [-0.15, -0.1) is 24.0 Å². The number of hydrogen-bond donors (Lipinski definition) is 3. The van der Waals surface area contributed by atoms with E-state index in [4.69, 9.17) is 5.73 Å². The highest BCUT2D eigenvalue weighted by atomic mass is 127. The SMILES string of the molecule is CCNC(=NCc1ccc(F)cc1)NCC(Cc1ccc(F)cc1)C(N)=O.I. The number of nitrogens with zero attached hydrogens (tertiary/aromatic N) is 1. The van der Waals surface area contributed by atoms with Crippen molar-refractivity contribution >= 4 is 35.8 Å². The first kappa shape index (κ1) is 23.8. The molecule has 0 fully saturated rings. The van der Waals surface area contributed by atoms with Crippen molar-refractivity contribution in [2.24, 2.45) is 16.6 Å². The van der Waals surface area contributed by atoms with Crippen LogP contribution >= 0.6 is 24.0 Å². The summed E-state index contributed by atoms with van der Waals surface area (Å²) in [5, 5.41) is 6.20. The number of nitrogens with one attached hydrogen (secondary N) is 2. The highest BCUT2D eigenvalue weighted by Crippen LogP contribution is 2.10. The van der Waals surface area contributed by atoms with E-state index in [1.807, 2.05) is 6.92 Å². The number of benzene rings is 2. The number of nitrogens with two attached hydrogens (primary N) is 1. The smallest absolute Gasteiger partial charge is 0.222 e. The molecule has 2 rings (SSSR count). The normalized spacial score (nSPS) is 12.0. The fourth-order valence-electron chi connectivity index (χ4n) is 2.50. The van der Waals surface area contributed by atoms with Crippen LogP contribution in [-0.4, -0.2) is 25.0 Å². The van der Waals surface area contributed by atoms with Gasteiger partial charge in [0.1, 0.15) is 11.6 Å². The summed E-state index contributed by atoms with van der Waals surface area (Å²) in [6.07, 6.45) is 0.403. The van der Waals surface area contributed by atoms with Crippen molar-refractivity contribution in [2.75, 3.05) is 13.1 Å². The fraction of sp³-hybridized carbons (Fsp3) is 0.300. The predicted octanol–water partition coefficient (Wildman–Crippen LogP) is 2.98. The molecule has 0 spiro atoms. The molecule has 0 aromatic heterocycles. The first-order valence-electron chi connectivity index (χ1n) is 8.78. The van der Waals surface area contributed by atoms with Crippen molar-refractivity contribution in [2.45, 2.75) is 19.9 Å². The summed E-state index contributed by atoms with van der Waals surface area (Å²) in [4.78, 5) is 16.2. The quantitative estimate of drug-likeness (QED) is 0.295. The van der Waals surface area contributed by atoms with E-state index in [0.29, 0.717) is 32.0 Å². The van der Waals surface area contributed by atoms with Crippen LogP contribution in [0.3, 0.4) is 0 Å². The van der Waals surface area contributed by atoms with E-state index < -0.39 is 11.8 Å². The van der Waals surface area contributed by atoms with Crippen LogP contribution in [0, 0.1) is 17.6 Å². The first-order chi connectivity index (χ1) is 13.0. The molecule has 0 bridgehead atoms. The molecule has 0 aliphatic carbocycles. The third kappa shape index (κ3) is 8.20. The number of aliphatic imine (C=N–C) groups is 1. The Morgan fingerprint density at radius 2 is 1.54 bits per heavy atom. The summed E-state index contributed by atoms with van der Waals surface area (Å²) in [6.45, 7) is 3.24. The summed E-state index contributed by atoms with van der Waals surface area (Å²) >= 11 is 0. The summed E-state index contributed by atoms with van der Waals surface area (Å²) < 4.78 is 26.0. The largest absolute Gasteiger partial charge is 0.369 e. The number of halogens is 3. The molecular weight excluding hydrogens is 477 g/mol. The van der Waals surface area contributed by atoms with Crippen molar-refractivity contribution in [1.82, 2.24) is 10.6 Å². The second kappa shape index (κ2) is 12.3. The Hall–Kier alpha value is -2.23. The number of primary amides is 1. The minimum Gasteiger partial charge on any atom is -0.369 e. The van der Waals surface area contributed by atoms with E-state index in [-0.39, 0.29) is 35.6 Å². The fourth-order valence-corrected chi connectivity index (χ4v) is 2.50. The summed E-state index contributed by atoms with van der Waals surface area (Å²) in [5.74, 6) is -0.994. The van der Waals surface area contributed by atoms with E-state index in [9.17, 15) is 13.6 Å². The highest BCUT2D eigenvalue weighted by molar-refractivity contribution is 14.0. The topological polar surface area (TPSA) is 79.5 Å². The maximum Gasteiger partial charge on any atom is 0.222 e. The van der Waals surface area contributed by atoms with E-state index in [1.54, 1.807) is 24.3 Å². The zero-order valence-electron chi connectivity index (χ0n) is 15.6. The lowest BCUT2D eigenvalue weighted by Gasteiger charge is -2.17. The molecule has 0 aliphatic heterocycles. The van der Waals surface area contributed by atoms with Gasteiger partial charge in [0.2, 0.25) is 5.91 Å². The number of carbonyl (C=O) groups excluding carboxylic acids is 1. The van der Waals surface area contributed by atoms with Gasteiger partial charge in [0.05, 0.1) is 12.5 Å². The summed E-state index contributed by atoms with van der Waals surface area (Å²) in [6, 6.07) is 12.1. The van der Waals surface area contributed by atoms with Crippen molar-refractivity contribution in [1.29, 1.82) is 0 Å². The number of guanidine groups is 1. The number of carbonyl (C=O) groups is 1. The second-order valence-corrected chi connectivity index (χ2v) is 6.13. The Kier molecular flexibility index (Phi) is 10.4. The Morgan fingerprint density at radius 3 is 2.04 bits per heavy atom. The highest BCUT2D eigenvalue weighted by Gasteiger charge is 2.16. The molecule has 152 valence electrons. The van der Waals surface area contributed by atoms with Crippen LogP contribution in [-0.2, 0) is 17.8 Å². The lowest BCUT2D eigenvalue weighted by Crippen LogP contribution is -2.43. The van der Waals surface area contributed by atoms with Gasteiger partial charge >= 0.3 is 0 Å². The van der Waals surface area contributed by atoms with E-state index >= 15 is 0 Å². The molecular formula is C20H25F2IN4O. The molecule has 0 aliphatic rings. The average Bonchev–Trinajstić information content (AvgIpc) is 2.65. The Morgan fingerprint density at radius 1 is 1.00 bits per heavy atom. The zero-order valence-corrected chi connectivity index (χ0v) is 18.0. The zero-order chi connectivity index (χ0) is 19.6. The molecule has 5 nitrogen and oxygen atoms in total. The lowest BCUT2D eigenvalue weighted by molar-refractivity contribution is -0.121.